The summed E-state index contributed by atoms with van der Waals surface area (Å²) < 4.78 is 15.7. The maximum absolute atomic E-state index is 9.97. The lowest BCUT2D eigenvalue weighted by Gasteiger charge is -2.40. The number of ether oxygens (including phenoxy) is 3. The third-order valence-electron chi connectivity index (χ3n) is 5.28. The predicted molar refractivity (Wildman–Crippen MR) is 108 cm³/mol. The van der Waals surface area contributed by atoms with Crippen LogP contribution in [0.2, 0.25) is 0 Å². The highest BCUT2D eigenvalue weighted by Gasteiger charge is 2.44. The molecule has 1 saturated heterocycles. The van der Waals surface area contributed by atoms with Gasteiger partial charge in [-0.05, 0) is 6.42 Å². The maximum Gasteiger partial charge on any atom is 0.184 e. The summed E-state index contributed by atoms with van der Waals surface area (Å²) in [6.45, 7) is 2.20. The van der Waals surface area contributed by atoms with Crippen LogP contribution < -0.4 is 0 Å². The maximum atomic E-state index is 9.97. The minimum absolute atomic E-state index is 0.0962. The number of rotatable bonds is 17. The van der Waals surface area contributed by atoms with E-state index < -0.39 is 43.4 Å². The highest BCUT2D eigenvalue weighted by atomic mass is 16.7. The van der Waals surface area contributed by atoms with Crippen molar-refractivity contribution in [3.8, 4) is 0 Å². The van der Waals surface area contributed by atoms with Crippen LogP contribution in [-0.2, 0) is 14.2 Å². The van der Waals surface area contributed by atoms with Crippen molar-refractivity contribution in [2.75, 3.05) is 26.4 Å². The van der Waals surface area contributed by atoms with Crippen LogP contribution in [0.5, 0.6) is 0 Å². The van der Waals surface area contributed by atoms with Crippen molar-refractivity contribution in [2.24, 2.45) is 0 Å². The largest absolute Gasteiger partial charge is 0.394 e. The molecule has 174 valence electrons. The van der Waals surface area contributed by atoms with E-state index in [0.29, 0.717) is 6.61 Å². The first-order valence-electron chi connectivity index (χ1n) is 11.2. The molecular weight excluding hydrogens is 380 g/mol. The first-order valence-corrected chi connectivity index (χ1v) is 11.2. The molecule has 0 radical (unpaired) electrons. The number of aliphatic hydroxyl groups excluding tert-OH is 5. The zero-order valence-electron chi connectivity index (χ0n) is 17.8. The van der Waals surface area contributed by atoms with Crippen molar-refractivity contribution in [1.29, 1.82) is 0 Å². The molecule has 5 N–H and O–H groups in total. The van der Waals surface area contributed by atoms with Gasteiger partial charge in [0.05, 0.1) is 19.8 Å². The van der Waals surface area contributed by atoms with Gasteiger partial charge in [-0.25, -0.2) is 0 Å². The molecular formula is C21H42O8. The Labute approximate surface area is 174 Å². The van der Waals surface area contributed by atoms with Crippen molar-refractivity contribution in [3.05, 3.63) is 0 Å². The zero-order valence-corrected chi connectivity index (χ0v) is 17.8. The molecule has 1 fully saturated rings. The molecule has 0 aromatic heterocycles. The molecule has 0 saturated carbocycles. The topological polar surface area (TPSA) is 129 Å². The molecule has 1 unspecified atom stereocenters. The van der Waals surface area contributed by atoms with E-state index in [1.807, 2.05) is 0 Å². The fourth-order valence-corrected chi connectivity index (χ4v) is 3.43. The van der Waals surface area contributed by atoms with E-state index in [-0.39, 0.29) is 13.2 Å². The predicted octanol–water partition coefficient (Wildman–Crippen LogP) is 1.10. The summed E-state index contributed by atoms with van der Waals surface area (Å²) in [5.74, 6) is 0. The van der Waals surface area contributed by atoms with Crippen molar-refractivity contribution in [2.45, 2.75) is 108 Å². The van der Waals surface area contributed by atoms with Crippen molar-refractivity contribution in [1.82, 2.24) is 0 Å². The number of aliphatic hydroxyl groups is 5. The van der Waals surface area contributed by atoms with E-state index in [1.165, 1.54) is 51.4 Å². The highest BCUT2D eigenvalue weighted by Crippen LogP contribution is 2.22. The molecule has 1 rings (SSSR count). The Bertz CT molecular complexity index is 384. The van der Waals surface area contributed by atoms with Crippen molar-refractivity contribution < 1.29 is 39.7 Å². The molecule has 1 heterocycles. The lowest BCUT2D eigenvalue weighted by Crippen LogP contribution is -2.59. The van der Waals surface area contributed by atoms with Gasteiger partial charge in [-0.15, -0.1) is 0 Å². The monoisotopic (exact) mass is 422 g/mol. The van der Waals surface area contributed by atoms with E-state index in [2.05, 4.69) is 6.92 Å². The standard InChI is InChI=1S/C21H42O8/c1-2-3-4-5-6-7-8-9-10-11-12-27-14-16(23)15-28-20-19(25)18(24)17(13-22)29-21(20)26/h16-26H,2-15H2,1H3/t16?,17-,18+,19+,20-,21-/m1/s1. The average Bonchev–Trinajstić information content (AvgIpc) is 2.71. The second-order valence-corrected chi connectivity index (χ2v) is 7.94. The molecule has 0 aromatic rings. The van der Waals surface area contributed by atoms with Crippen molar-refractivity contribution in [3.63, 3.8) is 0 Å². The van der Waals surface area contributed by atoms with Crippen LogP contribution in [0.3, 0.4) is 0 Å². The smallest absolute Gasteiger partial charge is 0.184 e. The Hall–Kier alpha value is -0.320. The van der Waals surface area contributed by atoms with E-state index in [9.17, 15) is 20.4 Å². The van der Waals surface area contributed by atoms with Crippen LogP contribution in [0.15, 0.2) is 0 Å². The third kappa shape index (κ3) is 11.0. The van der Waals surface area contributed by atoms with Crippen LogP contribution >= 0.6 is 0 Å². The summed E-state index contributed by atoms with van der Waals surface area (Å²) in [5.41, 5.74) is 0. The van der Waals surface area contributed by atoms with Gasteiger partial charge in [0.15, 0.2) is 6.29 Å². The lowest BCUT2D eigenvalue weighted by atomic mass is 9.99. The van der Waals surface area contributed by atoms with Crippen LogP contribution in [0.1, 0.15) is 71.1 Å². The van der Waals surface area contributed by atoms with Gasteiger partial charge in [0.25, 0.3) is 0 Å². The second-order valence-electron chi connectivity index (χ2n) is 7.94. The molecule has 0 spiro atoms. The lowest BCUT2D eigenvalue weighted by molar-refractivity contribution is -0.299. The Morgan fingerprint density at radius 2 is 1.41 bits per heavy atom. The van der Waals surface area contributed by atoms with Gasteiger partial charge >= 0.3 is 0 Å². The molecule has 8 heteroatoms. The summed E-state index contributed by atoms with van der Waals surface area (Å²) in [6, 6.07) is 0. The summed E-state index contributed by atoms with van der Waals surface area (Å²) in [4.78, 5) is 0. The molecule has 0 bridgehead atoms. The number of hydrogen-bond acceptors (Lipinski definition) is 8. The van der Waals surface area contributed by atoms with Gasteiger partial charge in [-0.3, -0.25) is 0 Å². The number of hydrogen-bond donors (Lipinski definition) is 5. The molecule has 1 aliphatic heterocycles. The molecule has 0 aliphatic carbocycles. The van der Waals surface area contributed by atoms with Gasteiger partial charge in [0.1, 0.15) is 30.5 Å². The van der Waals surface area contributed by atoms with Gasteiger partial charge in [-0.2, -0.15) is 0 Å². The molecule has 0 amide bonds. The first kappa shape index (κ1) is 26.7. The summed E-state index contributed by atoms with van der Waals surface area (Å²) in [5, 5.41) is 48.6. The fraction of sp³-hybridized carbons (Fsp3) is 1.00. The molecule has 8 nitrogen and oxygen atoms in total. The molecule has 1 aliphatic rings. The van der Waals surface area contributed by atoms with E-state index in [4.69, 9.17) is 19.3 Å². The molecule has 6 atom stereocenters. The van der Waals surface area contributed by atoms with Crippen LogP contribution in [0.4, 0.5) is 0 Å². The Morgan fingerprint density at radius 1 is 0.828 bits per heavy atom. The highest BCUT2D eigenvalue weighted by molar-refractivity contribution is 4.89. The Morgan fingerprint density at radius 3 is 2.00 bits per heavy atom. The van der Waals surface area contributed by atoms with Crippen LogP contribution in [0, 0.1) is 0 Å². The average molecular weight is 423 g/mol. The van der Waals surface area contributed by atoms with Crippen LogP contribution in [-0.4, -0.2) is 88.8 Å². The van der Waals surface area contributed by atoms with E-state index in [0.717, 1.165) is 12.8 Å². The van der Waals surface area contributed by atoms with Crippen molar-refractivity contribution >= 4 is 0 Å². The quantitative estimate of drug-likeness (QED) is 0.220. The van der Waals surface area contributed by atoms with E-state index >= 15 is 0 Å². The van der Waals surface area contributed by atoms with Gasteiger partial charge < -0.3 is 39.7 Å². The minimum Gasteiger partial charge on any atom is -0.394 e. The fourth-order valence-electron chi connectivity index (χ4n) is 3.43. The normalized spacial score (nSPS) is 28.6. The Balaban J connectivity index is 2.00. The minimum atomic E-state index is -1.50. The molecule has 0 aromatic carbocycles. The number of unbranched alkanes of at least 4 members (excludes halogenated alkanes) is 9. The molecule has 29 heavy (non-hydrogen) atoms. The van der Waals surface area contributed by atoms with Gasteiger partial charge in [-0.1, -0.05) is 64.7 Å². The summed E-state index contributed by atoms with van der Waals surface area (Å²) in [7, 11) is 0. The van der Waals surface area contributed by atoms with Crippen LogP contribution in [0.25, 0.3) is 0 Å². The zero-order chi connectivity index (χ0) is 21.5. The third-order valence-corrected chi connectivity index (χ3v) is 5.28. The first-order chi connectivity index (χ1) is 14.0. The van der Waals surface area contributed by atoms with E-state index in [1.54, 1.807) is 0 Å². The van der Waals surface area contributed by atoms with Gasteiger partial charge in [0, 0.05) is 6.61 Å². The summed E-state index contributed by atoms with van der Waals surface area (Å²) >= 11 is 0. The second kappa shape index (κ2) is 16.4. The SMILES string of the molecule is CCCCCCCCCCCCOCC(O)CO[C@@H]1[C@@H](O)[C@@H](O)[C@@H](CO)O[C@H]1O. The summed E-state index contributed by atoms with van der Waals surface area (Å²) in [6.07, 6.45) is 5.01. The van der Waals surface area contributed by atoms with Gasteiger partial charge in [0.2, 0.25) is 0 Å². The Kier molecular flexibility index (Phi) is 15.1.